The van der Waals surface area contributed by atoms with Crippen molar-refractivity contribution in [1.82, 2.24) is 0 Å². The first-order chi connectivity index (χ1) is 20.7. The molecule has 0 unspecified atom stereocenters. The molecule has 0 N–H and O–H groups in total. The van der Waals surface area contributed by atoms with Gasteiger partial charge in [0.15, 0.2) is 0 Å². The van der Waals surface area contributed by atoms with E-state index in [9.17, 15) is 0 Å². The number of allylic oxidation sites excluding steroid dienone is 4. The third-order valence-corrected chi connectivity index (χ3v) is 7.51. The summed E-state index contributed by atoms with van der Waals surface area (Å²) in [5.41, 5.74) is 10.7. The SMILES string of the molecule is CC(=C1C=CC(COc2ccc(-c3ccccc3)cc2)=C[CH+]1)c1ccc(COc2ccc(-c3ccccc3)cc2)cc1. The van der Waals surface area contributed by atoms with Gasteiger partial charge < -0.3 is 9.47 Å². The Balaban J connectivity index is 0.999. The average Bonchev–Trinajstić information content (AvgIpc) is 3.08. The van der Waals surface area contributed by atoms with Gasteiger partial charge in [-0.1, -0.05) is 97.1 Å². The van der Waals surface area contributed by atoms with Crippen LogP contribution in [0.15, 0.2) is 163 Å². The summed E-state index contributed by atoms with van der Waals surface area (Å²) in [4.78, 5) is 0. The summed E-state index contributed by atoms with van der Waals surface area (Å²) < 4.78 is 12.1. The third-order valence-electron chi connectivity index (χ3n) is 7.51. The molecule has 0 amide bonds. The second-order valence-corrected chi connectivity index (χ2v) is 10.4. The van der Waals surface area contributed by atoms with Crippen molar-refractivity contribution in [3.05, 3.63) is 180 Å². The van der Waals surface area contributed by atoms with E-state index < -0.39 is 0 Å². The molecule has 1 aliphatic rings. The van der Waals surface area contributed by atoms with E-state index in [0.29, 0.717) is 13.2 Å². The summed E-state index contributed by atoms with van der Waals surface area (Å²) in [5, 5.41) is 0. The van der Waals surface area contributed by atoms with Gasteiger partial charge >= 0.3 is 0 Å². The maximum atomic E-state index is 6.04. The number of benzene rings is 5. The quantitative estimate of drug-likeness (QED) is 0.172. The summed E-state index contributed by atoms with van der Waals surface area (Å²) >= 11 is 0. The Bertz CT molecular complexity index is 1690. The van der Waals surface area contributed by atoms with Crippen LogP contribution in [0.3, 0.4) is 0 Å². The lowest BCUT2D eigenvalue weighted by Crippen LogP contribution is -2.02. The lowest BCUT2D eigenvalue weighted by atomic mass is 9.94. The van der Waals surface area contributed by atoms with Crippen molar-refractivity contribution in [2.24, 2.45) is 0 Å². The summed E-state index contributed by atoms with van der Waals surface area (Å²) in [5.74, 6) is 1.74. The van der Waals surface area contributed by atoms with Crippen LogP contribution in [0.4, 0.5) is 0 Å². The fourth-order valence-corrected chi connectivity index (χ4v) is 4.95. The normalized spacial score (nSPS) is 13.6. The molecule has 0 heterocycles. The van der Waals surface area contributed by atoms with E-state index >= 15 is 0 Å². The Kier molecular flexibility index (Phi) is 8.33. The van der Waals surface area contributed by atoms with Gasteiger partial charge in [-0.3, -0.25) is 0 Å². The zero-order chi connectivity index (χ0) is 28.6. The van der Waals surface area contributed by atoms with Gasteiger partial charge in [-0.25, -0.2) is 0 Å². The Hall–Kier alpha value is -5.21. The van der Waals surface area contributed by atoms with Crippen molar-refractivity contribution in [3.8, 4) is 33.8 Å². The molecule has 5 aromatic rings. The summed E-state index contributed by atoms with van der Waals surface area (Å²) in [6.45, 7) is 3.24. The molecule has 0 radical (unpaired) electrons. The average molecular weight is 546 g/mol. The van der Waals surface area contributed by atoms with Gasteiger partial charge in [-0.15, -0.1) is 0 Å². The Labute approximate surface area is 248 Å². The van der Waals surface area contributed by atoms with Crippen molar-refractivity contribution in [3.63, 3.8) is 0 Å². The minimum atomic E-state index is 0.535. The molecule has 0 fully saturated rings. The van der Waals surface area contributed by atoms with E-state index in [-0.39, 0.29) is 0 Å². The Morgan fingerprint density at radius 2 is 1.02 bits per heavy atom. The Morgan fingerprint density at radius 1 is 0.524 bits per heavy atom. The van der Waals surface area contributed by atoms with Gasteiger partial charge in [0.05, 0.1) is 11.1 Å². The van der Waals surface area contributed by atoms with Gasteiger partial charge in [0.25, 0.3) is 0 Å². The highest BCUT2D eigenvalue weighted by Gasteiger charge is 2.15. The summed E-state index contributed by atoms with van der Waals surface area (Å²) in [7, 11) is 0. The third kappa shape index (κ3) is 6.74. The van der Waals surface area contributed by atoms with Crippen LogP contribution in [0.1, 0.15) is 18.1 Å². The predicted octanol–water partition coefficient (Wildman–Crippen LogP) is 10.2. The van der Waals surface area contributed by atoms with Crippen LogP contribution in [0.2, 0.25) is 0 Å². The standard InChI is InChI=1S/C40H33O2/c1-30(33-16-12-31(13-17-33)28-41-39-24-20-37(21-25-39)35-8-4-2-5-9-35)34-18-14-32(15-19-34)29-42-40-26-22-38(23-27-40)36-10-6-3-7-11-36/h2-27H,28-29H2,1H3/q+1. The highest BCUT2D eigenvalue weighted by atomic mass is 16.5. The lowest BCUT2D eigenvalue weighted by molar-refractivity contribution is 0.306. The van der Waals surface area contributed by atoms with Crippen molar-refractivity contribution in [2.75, 3.05) is 6.61 Å². The first-order valence-electron chi connectivity index (χ1n) is 14.3. The first-order valence-corrected chi connectivity index (χ1v) is 14.3. The number of hydrogen-bond acceptors (Lipinski definition) is 2. The minimum absolute atomic E-state index is 0.535. The van der Waals surface area contributed by atoms with Crippen molar-refractivity contribution < 1.29 is 9.47 Å². The van der Waals surface area contributed by atoms with E-state index in [1.807, 2.05) is 36.4 Å². The smallest absolute Gasteiger partial charge is 0.146 e. The van der Waals surface area contributed by atoms with Crippen LogP contribution in [-0.4, -0.2) is 6.61 Å². The molecule has 0 aromatic heterocycles. The van der Waals surface area contributed by atoms with Crippen molar-refractivity contribution in [1.29, 1.82) is 0 Å². The molecule has 0 spiro atoms. The van der Waals surface area contributed by atoms with E-state index in [4.69, 9.17) is 9.47 Å². The van der Waals surface area contributed by atoms with E-state index in [1.165, 1.54) is 39.0 Å². The van der Waals surface area contributed by atoms with Crippen LogP contribution in [0.5, 0.6) is 11.5 Å². The predicted molar refractivity (Wildman–Crippen MR) is 174 cm³/mol. The lowest BCUT2D eigenvalue weighted by Gasteiger charge is -2.10. The van der Waals surface area contributed by atoms with Crippen LogP contribution >= 0.6 is 0 Å². The first kappa shape index (κ1) is 27.0. The molecule has 0 aliphatic heterocycles. The highest BCUT2D eigenvalue weighted by Crippen LogP contribution is 2.27. The van der Waals surface area contributed by atoms with Crippen LogP contribution in [0, 0.1) is 6.42 Å². The number of rotatable bonds is 9. The largest absolute Gasteiger partial charge is 0.489 e. The molecule has 0 saturated heterocycles. The fourth-order valence-electron chi connectivity index (χ4n) is 4.95. The molecular formula is C40H33O2+. The molecule has 0 atom stereocenters. The molecule has 1 aliphatic carbocycles. The molecule has 0 bridgehead atoms. The number of hydrogen-bond donors (Lipinski definition) is 0. The zero-order valence-electron chi connectivity index (χ0n) is 23.7. The van der Waals surface area contributed by atoms with E-state index in [0.717, 1.165) is 22.6 Å². The van der Waals surface area contributed by atoms with Crippen molar-refractivity contribution >= 4 is 5.57 Å². The minimum Gasteiger partial charge on any atom is -0.489 e. The van der Waals surface area contributed by atoms with Gasteiger partial charge in [0, 0.05) is 35.8 Å². The van der Waals surface area contributed by atoms with E-state index in [2.05, 4.69) is 129 Å². The summed E-state index contributed by atoms with van der Waals surface area (Å²) in [6.07, 6.45) is 8.62. The Morgan fingerprint density at radius 3 is 1.52 bits per heavy atom. The fraction of sp³-hybridized carbons (Fsp3) is 0.0750. The molecular weight excluding hydrogens is 512 g/mol. The highest BCUT2D eigenvalue weighted by molar-refractivity contribution is 5.73. The van der Waals surface area contributed by atoms with Gasteiger partial charge in [-0.05, 0) is 71.1 Å². The zero-order valence-corrected chi connectivity index (χ0v) is 23.7. The summed E-state index contributed by atoms with van der Waals surface area (Å²) in [6, 6.07) is 45.9. The molecule has 2 nitrogen and oxygen atoms in total. The van der Waals surface area contributed by atoms with Crippen LogP contribution in [-0.2, 0) is 6.61 Å². The molecule has 204 valence electrons. The topological polar surface area (TPSA) is 18.5 Å². The maximum absolute atomic E-state index is 6.04. The van der Waals surface area contributed by atoms with Crippen LogP contribution < -0.4 is 9.47 Å². The van der Waals surface area contributed by atoms with Crippen LogP contribution in [0.25, 0.3) is 27.8 Å². The molecule has 6 rings (SSSR count). The van der Waals surface area contributed by atoms with Crippen molar-refractivity contribution in [2.45, 2.75) is 13.5 Å². The molecule has 2 heteroatoms. The van der Waals surface area contributed by atoms with Gasteiger partial charge in [-0.2, -0.15) is 0 Å². The molecule has 0 saturated carbocycles. The molecule has 42 heavy (non-hydrogen) atoms. The maximum Gasteiger partial charge on any atom is 0.146 e. The molecule has 5 aromatic carbocycles. The second kappa shape index (κ2) is 13.0. The van der Waals surface area contributed by atoms with Gasteiger partial charge in [0.2, 0.25) is 0 Å². The van der Waals surface area contributed by atoms with Gasteiger partial charge in [0.1, 0.15) is 24.7 Å². The second-order valence-electron chi connectivity index (χ2n) is 10.4. The number of ether oxygens (including phenoxy) is 2. The van der Waals surface area contributed by atoms with E-state index in [1.54, 1.807) is 0 Å². The monoisotopic (exact) mass is 545 g/mol.